The van der Waals surface area contributed by atoms with E-state index in [9.17, 15) is 4.79 Å². The van der Waals surface area contributed by atoms with Gasteiger partial charge in [0.25, 0.3) is 0 Å². The lowest BCUT2D eigenvalue weighted by atomic mass is 10.1. The summed E-state index contributed by atoms with van der Waals surface area (Å²) in [6, 6.07) is 7.44. The highest BCUT2D eigenvalue weighted by Crippen LogP contribution is 2.16. The minimum atomic E-state index is 0.0746. The molecule has 0 saturated carbocycles. The van der Waals surface area contributed by atoms with Gasteiger partial charge in [0, 0.05) is 38.3 Å². The number of benzene rings is 1. The molecule has 0 aromatic heterocycles. The first-order valence-electron chi connectivity index (χ1n) is 7.73. The molecule has 0 amide bonds. The fourth-order valence-corrected chi connectivity index (χ4v) is 2.52. The van der Waals surface area contributed by atoms with Crippen molar-refractivity contribution in [3.63, 3.8) is 0 Å². The van der Waals surface area contributed by atoms with Crippen molar-refractivity contribution in [3.05, 3.63) is 29.8 Å². The van der Waals surface area contributed by atoms with E-state index < -0.39 is 0 Å². The monoisotopic (exact) mass is 290 g/mol. The summed E-state index contributed by atoms with van der Waals surface area (Å²) >= 11 is 0. The van der Waals surface area contributed by atoms with Gasteiger partial charge in [-0.25, -0.2) is 0 Å². The molecule has 1 aliphatic heterocycles. The molecule has 1 atom stereocenters. The highest BCUT2D eigenvalue weighted by molar-refractivity contribution is 5.94. The molecule has 0 radical (unpaired) electrons. The standard InChI is InChI=1S/C17H26N2O2/c1-14(7-8-19-11-9-18(3)10-12-19)21-17-6-4-5-16(13-17)15(2)20/h4-6,13-14H,7-12H2,1-3H3. The van der Waals surface area contributed by atoms with Crippen molar-refractivity contribution < 1.29 is 9.53 Å². The number of Topliss-reactive ketones (excluding diaryl/α,β-unsaturated/α-hetero) is 1. The average molecular weight is 290 g/mol. The highest BCUT2D eigenvalue weighted by Gasteiger charge is 2.15. The summed E-state index contributed by atoms with van der Waals surface area (Å²) in [5.41, 5.74) is 0.707. The summed E-state index contributed by atoms with van der Waals surface area (Å²) < 4.78 is 5.93. The van der Waals surface area contributed by atoms with Crippen molar-refractivity contribution in [3.8, 4) is 5.75 Å². The number of carbonyl (C=O) groups excluding carboxylic acids is 1. The average Bonchev–Trinajstić information content (AvgIpc) is 2.47. The van der Waals surface area contributed by atoms with Crippen LogP contribution < -0.4 is 4.74 Å². The van der Waals surface area contributed by atoms with E-state index in [0.717, 1.165) is 44.9 Å². The summed E-state index contributed by atoms with van der Waals surface area (Å²) in [7, 11) is 2.17. The maximum Gasteiger partial charge on any atom is 0.159 e. The van der Waals surface area contributed by atoms with Gasteiger partial charge in [-0.15, -0.1) is 0 Å². The first-order valence-corrected chi connectivity index (χ1v) is 7.73. The van der Waals surface area contributed by atoms with E-state index in [-0.39, 0.29) is 11.9 Å². The highest BCUT2D eigenvalue weighted by atomic mass is 16.5. The van der Waals surface area contributed by atoms with Gasteiger partial charge in [0.05, 0.1) is 6.10 Å². The van der Waals surface area contributed by atoms with Gasteiger partial charge in [-0.1, -0.05) is 12.1 Å². The maximum absolute atomic E-state index is 11.4. The molecule has 2 rings (SSSR count). The van der Waals surface area contributed by atoms with Gasteiger partial charge in [-0.3, -0.25) is 4.79 Å². The lowest BCUT2D eigenvalue weighted by Gasteiger charge is -2.32. The van der Waals surface area contributed by atoms with Crippen LogP contribution in [0.5, 0.6) is 5.75 Å². The van der Waals surface area contributed by atoms with Crippen LogP contribution in [0.25, 0.3) is 0 Å². The van der Waals surface area contributed by atoms with Crippen LogP contribution >= 0.6 is 0 Å². The van der Waals surface area contributed by atoms with Crippen LogP contribution in [0.1, 0.15) is 30.6 Å². The van der Waals surface area contributed by atoms with E-state index in [1.165, 1.54) is 0 Å². The number of ether oxygens (including phenoxy) is 1. The summed E-state index contributed by atoms with van der Waals surface area (Å²) in [6.45, 7) is 9.33. The largest absolute Gasteiger partial charge is 0.491 e. The molecule has 1 heterocycles. The second-order valence-electron chi connectivity index (χ2n) is 5.95. The predicted molar refractivity (Wildman–Crippen MR) is 85.1 cm³/mol. The van der Waals surface area contributed by atoms with E-state index in [0.29, 0.717) is 5.56 Å². The van der Waals surface area contributed by atoms with Crippen LogP contribution in [0.3, 0.4) is 0 Å². The summed E-state index contributed by atoms with van der Waals surface area (Å²) in [6.07, 6.45) is 1.17. The molecule has 21 heavy (non-hydrogen) atoms. The number of hydrogen-bond donors (Lipinski definition) is 0. The Labute approximate surface area is 127 Å². The second-order valence-corrected chi connectivity index (χ2v) is 5.95. The topological polar surface area (TPSA) is 32.8 Å². The number of piperazine rings is 1. The van der Waals surface area contributed by atoms with Gasteiger partial charge in [-0.2, -0.15) is 0 Å². The minimum Gasteiger partial charge on any atom is -0.491 e. The summed E-state index contributed by atoms with van der Waals surface area (Å²) in [5.74, 6) is 0.860. The lowest BCUT2D eigenvalue weighted by Crippen LogP contribution is -2.45. The van der Waals surface area contributed by atoms with Crippen molar-refractivity contribution in [1.29, 1.82) is 0 Å². The number of hydrogen-bond acceptors (Lipinski definition) is 4. The number of rotatable bonds is 6. The Morgan fingerprint density at radius 1 is 1.29 bits per heavy atom. The number of carbonyl (C=O) groups is 1. The Hall–Kier alpha value is -1.39. The molecule has 0 aliphatic carbocycles. The molecule has 4 heteroatoms. The Balaban J connectivity index is 1.77. The van der Waals surface area contributed by atoms with Gasteiger partial charge < -0.3 is 14.5 Å². The Bertz CT molecular complexity index is 468. The molecular weight excluding hydrogens is 264 g/mol. The van der Waals surface area contributed by atoms with Gasteiger partial charge >= 0.3 is 0 Å². The molecule has 0 N–H and O–H groups in total. The molecule has 0 spiro atoms. The third kappa shape index (κ3) is 5.14. The Morgan fingerprint density at radius 3 is 2.67 bits per heavy atom. The van der Waals surface area contributed by atoms with Crippen LogP contribution in [0.15, 0.2) is 24.3 Å². The fraction of sp³-hybridized carbons (Fsp3) is 0.588. The molecule has 1 aliphatic rings. The number of nitrogens with zero attached hydrogens (tertiary/aromatic N) is 2. The van der Waals surface area contributed by atoms with Crippen LogP contribution in [0.2, 0.25) is 0 Å². The maximum atomic E-state index is 11.4. The third-order valence-corrected chi connectivity index (χ3v) is 4.03. The van der Waals surface area contributed by atoms with Gasteiger partial charge in [0.15, 0.2) is 5.78 Å². The molecule has 1 unspecified atom stereocenters. The number of likely N-dealkylation sites (N-methyl/N-ethyl adjacent to an activating group) is 1. The van der Waals surface area contributed by atoms with Gasteiger partial charge in [0.2, 0.25) is 0 Å². The van der Waals surface area contributed by atoms with E-state index in [2.05, 4.69) is 23.8 Å². The Kier molecular flexibility index (Phi) is 5.76. The van der Waals surface area contributed by atoms with E-state index >= 15 is 0 Å². The van der Waals surface area contributed by atoms with Gasteiger partial charge in [0.1, 0.15) is 5.75 Å². The first kappa shape index (κ1) is 16.0. The van der Waals surface area contributed by atoms with Crippen LogP contribution in [-0.4, -0.2) is 61.5 Å². The van der Waals surface area contributed by atoms with Crippen molar-refractivity contribution in [2.24, 2.45) is 0 Å². The third-order valence-electron chi connectivity index (χ3n) is 4.03. The van der Waals surface area contributed by atoms with Crippen molar-refractivity contribution in [2.75, 3.05) is 39.8 Å². The van der Waals surface area contributed by atoms with Crippen molar-refractivity contribution in [1.82, 2.24) is 9.80 Å². The molecule has 4 nitrogen and oxygen atoms in total. The molecule has 116 valence electrons. The van der Waals surface area contributed by atoms with Gasteiger partial charge in [-0.05, 0) is 39.4 Å². The molecular formula is C17H26N2O2. The quantitative estimate of drug-likeness (QED) is 0.753. The summed E-state index contributed by atoms with van der Waals surface area (Å²) in [4.78, 5) is 16.2. The zero-order chi connectivity index (χ0) is 15.2. The lowest BCUT2D eigenvalue weighted by molar-refractivity contribution is 0.101. The zero-order valence-electron chi connectivity index (χ0n) is 13.3. The second kappa shape index (κ2) is 7.57. The SMILES string of the molecule is CC(=O)c1cccc(OC(C)CCN2CCN(C)CC2)c1. The molecule has 1 saturated heterocycles. The normalized spacial score (nSPS) is 18.4. The molecule has 0 bridgehead atoms. The fourth-order valence-electron chi connectivity index (χ4n) is 2.52. The van der Waals surface area contributed by atoms with Crippen LogP contribution in [-0.2, 0) is 0 Å². The molecule has 1 fully saturated rings. The molecule has 1 aromatic rings. The van der Waals surface area contributed by atoms with Crippen LogP contribution in [0, 0.1) is 0 Å². The Morgan fingerprint density at radius 2 is 2.00 bits per heavy atom. The minimum absolute atomic E-state index is 0.0746. The first-order chi connectivity index (χ1) is 10.0. The van der Waals surface area contributed by atoms with Crippen molar-refractivity contribution >= 4 is 5.78 Å². The molecule has 1 aromatic carbocycles. The summed E-state index contributed by atoms with van der Waals surface area (Å²) in [5, 5.41) is 0. The van der Waals surface area contributed by atoms with E-state index in [1.54, 1.807) is 6.92 Å². The van der Waals surface area contributed by atoms with Crippen molar-refractivity contribution in [2.45, 2.75) is 26.4 Å². The smallest absolute Gasteiger partial charge is 0.159 e. The van der Waals surface area contributed by atoms with E-state index in [1.807, 2.05) is 24.3 Å². The zero-order valence-corrected chi connectivity index (χ0v) is 13.3. The van der Waals surface area contributed by atoms with Crippen LogP contribution in [0.4, 0.5) is 0 Å². The predicted octanol–water partition coefficient (Wildman–Crippen LogP) is 2.29. The van der Waals surface area contributed by atoms with E-state index in [4.69, 9.17) is 4.74 Å². The number of ketones is 1.